The molecule has 0 aromatic heterocycles. The van der Waals surface area contributed by atoms with Gasteiger partial charge in [-0.15, -0.1) is 0 Å². The fourth-order valence-electron chi connectivity index (χ4n) is 0.189. The van der Waals surface area contributed by atoms with Gasteiger partial charge in [-0.2, -0.15) is 0 Å². The maximum atomic E-state index is 10.3. The maximum absolute atomic E-state index is 10.3. The van der Waals surface area contributed by atoms with E-state index in [0.717, 1.165) is 6.08 Å². The van der Waals surface area contributed by atoms with Gasteiger partial charge in [0.2, 0.25) is 5.12 Å². The Morgan fingerprint density at radius 3 is 2.36 bits per heavy atom. The zero-order valence-electron chi connectivity index (χ0n) is 5.94. The van der Waals surface area contributed by atoms with Crippen molar-refractivity contribution < 1.29 is 69.1 Å². The second-order valence-electron chi connectivity index (χ2n) is 1.34. The first-order chi connectivity index (χ1) is 4.45. The average Bonchev–Trinajstić information content (AvgIpc) is 1.81. The normalized spacial score (nSPS) is 9.91. The van der Waals surface area contributed by atoms with E-state index in [9.17, 15) is 17.8 Å². The number of carbonyl (C=O) groups excluding carboxylic acids is 1. The minimum atomic E-state index is -4.28. The molecular weight excluding hydrogens is 215 g/mol. The number of rotatable bonds is 3. The summed E-state index contributed by atoms with van der Waals surface area (Å²) in [6.07, 6.45) is 0.954. The third-order valence-electron chi connectivity index (χ3n) is 0.512. The standard InChI is InChI=1S/C4H6O4S2.K/c1-2-4(5)9-3-10(6,7)8;/h2H,1,3H2,(H,6,7,8);/q;+1/p-1. The Kier molecular flexibility index (Phi) is 9.13. The molecule has 58 valence electrons. The van der Waals surface area contributed by atoms with Crippen molar-refractivity contribution in [1.29, 1.82) is 0 Å². The fraction of sp³-hybridized carbons (Fsp3) is 0.250. The molecule has 0 saturated heterocycles. The molecule has 0 bridgehead atoms. The maximum Gasteiger partial charge on any atom is 1.00 e. The van der Waals surface area contributed by atoms with Crippen molar-refractivity contribution in [1.82, 2.24) is 0 Å². The molecule has 0 aromatic carbocycles. The summed E-state index contributed by atoms with van der Waals surface area (Å²) in [5.41, 5.74) is 0. The van der Waals surface area contributed by atoms with Crippen LogP contribution in [-0.2, 0) is 14.9 Å². The molecule has 0 aliphatic carbocycles. The van der Waals surface area contributed by atoms with Crippen LogP contribution < -0.4 is 51.4 Å². The van der Waals surface area contributed by atoms with Gasteiger partial charge in [-0.05, 0) is 6.08 Å². The van der Waals surface area contributed by atoms with E-state index in [1.165, 1.54) is 0 Å². The minimum absolute atomic E-state index is 0. The molecule has 11 heavy (non-hydrogen) atoms. The number of carbonyl (C=O) groups is 1. The molecule has 0 aliphatic rings. The first kappa shape index (κ1) is 14.8. The predicted octanol–water partition coefficient (Wildman–Crippen LogP) is -3.06. The molecule has 0 fully saturated rings. The van der Waals surface area contributed by atoms with Crippen LogP contribution in [0.4, 0.5) is 0 Å². The largest absolute Gasteiger partial charge is 1.00 e. The summed E-state index contributed by atoms with van der Waals surface area (Å²) in [6.45, 7) is 3.09. The van der Waals surface area contributed by atoms with Crippen molar-refractivity contribution in [2.75, 3.05) is 5.08 Å². The Morgan fingerprint density at radius 2 is 2.09 bits per heavy atom. The van der Waals surface area contributed by atoms with Crippen LogP contribution in [0.3, 0.4) is 0 Å². The summed E-state index contributed by atoms with van der Waals surface area (Å²) in [7, 11) is -4.28. The fourth-order valence-corrected chi connectivity index (χ4v) is 1.35. The van der Waals surface area contributed by atoms with Gasteiger partial charge in [0.15, 0.2) is 0 Å². The van der Waals surface area contributed by atoms with E-state index in [4.69, 9.17) is 0 Å². The van der Waals surface area contributed by atoms with Crippen molar-refractivity contribution in [3.63, 3.8) is 0 Å². The summed E-state index contributed by atoms with van der Waals surface area (Å²) in [6, 6.07) is 0. The van der Waals surface area contributed by atoms with Gasteiger partial charge in [0.05, 0.1) is 5.08 Å². The smallest absolute Gasteiger partial charge is 0.747 e. The number of hydrogen-bond donors (Lipinski definition) is 0. The molecule has 4 nitrogen and oxygen atoms in total. The number of thioether (sulfide) groups is 1. The summed E-state index contributed by atoms with van der Waals surface area (Å²) >= 11 is 0.426. The van der Waals surface area contributed by atoms with Crippen LogP contribution in [0.15, 0.2) is 12.7 Å². The monoisotopic (exact) mass is 220 g/mol. The molecule has 7 heteroatoms. The molecular formula is C4H5KO4S2. The molecule has 0 unspecified atom stereocenters. The van der Waals surface area contributed by atoms with Gasteiger partial charge in [-0.25, -0.2) is 8.42 Å². The molecule has 0 rings (SSSR count). The molecule has 0 saturated carbocycles. The van der Waals surface area contributed by atoms with Crippen LogP contribution in [0.5, 0.6) is 0 Å². The van der Waals surface area contributed by atoms with Crippen LogP contribution in [0, 0.1) is 0 Å². The van der Waals surface area contributed by atoms with E-state index < -0.39 is 20.3 Å². The van der Waals surface area contributed by atoms with Crippen LogP contribution >= 0.6 is 11.8 Å². The van der Waals surface area contributed by atoms with E-state index >= 15 is 0 Å². The van der Waals surface area contributed by atoms with Gasteiger partial charge in [-0.3, -0.25) is 4.79 Å². The topological polar surface area (TPSA) is 74.3 Å². The van der Waals surface area contributed by atoms with Crippen LogP contribution in [-0.4, -0.2) is 23.2 Å². The second-order valence-corrected chi connectivity index (χ2v) is 4.09. The first-order valence-corrected chi connectivity index (χ1v) is 4.75. The van der Waals surface area contributed by atoms with Crippen molar-refractivity contribution >= 4 is 27.0 Å². The second kappa shape index (κ2) is 6.78. The zero-order chi connectivity index (χ0) is 8.20. The van der Waals surface area contributed by atoms with Gasteiger partial charge in [0, 0.05) is 0 Å². The molecule has 0 radical (unpaired) electrons. The summed E-state index contributed by atoms with van der Waals surface area (Å²) in [4.78, 5) is 10.3. The predicted molar refractivity (Wildman–Crippen MR) is 37.4 cm³/mol. The quantitative estimate of drug-likeness (QED) is 0.287. The zero-order valence-corrected chi connectivity index (χ0v) is 10.7. The summed E-state index contributed by atoms with van der Waals surface area (Å²) in [5, 5.41) is -1.24. The van der Waals surface area contributed by atoms with Crippen molar-refractivity contribution in [2.45, 2.75) is 0 Å². The molecule has 0 amide bonds. The van der Waals surface area contributed by atoms with E-state index in [1.807, 2.05) is 0 Å². The van der Waals surface area contributed by atoms with Crippen LogP contribution in [0.1, 0.15) is 0 Å². The Hall–Kier alpha value is 1.31. The molecule has 0 heterocycles. The van der Waals surface area contributed by atoms with Gasteiger partial charge in [-0.1, -0.05) is 18.3 Å². The Balaban J connectivity index is 0. The van der Waals surface area contributed by atoms with Gasteiger partial charge in [0.25, 0.3) is 0 Å². The van der Waals surface area contributed by atoms with Crippen molar-refractivity contribution in [3.05, 3.63) is 12.7 Å². The van der Waals surface area contributed by atoms with E-state index in [2.05, 4.69) is 6.58 Å². The van der Waals surface area contributed by atoms with Crippen LogP contribution in [0.25, 0.3) is 0 Å². The Bertz CT molecular complexity index is 232. The van der Waals surface area contributed by atoms with Crippen molar-refractivity contribution in [2.24, 2.45) is 0 Å². The summed E-state index contributed by atoms with van der Waals surface area (Å²) < 4.78 is 29.7. The molecule has 0 aromatic rings. The third kappa shape index (κ3) is 11.3. The number of hydrogen-bond acceptors (Lipinski definition) is 5. The molecule has 0 N–H and O–H groups in total. The van der Waals surface area contributed by atoms with Crippen LogP contribution in [0.2, 0.25) is 0 Å². The molecule has 0 spiro atoms. The third-order valence-corrected chi connectivity index (χ3v) is 2.59. The van der Waals surface area contributed by atoms with Gasteiger partial charge >= 0.3 is 51.4 Å². The minimum Gasteiger partial charge on any atom is -0.747 e. The van der Waals surface area contributed by atoms with E-state index in [1.54, 1.807) is 0 Å². The Labute approximate surface area is 112 Å². The van der Waals surface area contributed by atoms with E-state index in [-0.39, 0.29) is 51.4 Å². The van der Waals surface area contributed by atoms with Crippen molar-refractivity contribution in [3.8, 4) is 0 Å². The van der Waals surface area contributed by atoms with Gasteiger partial charge in [0.1, 0.15) is 10.1 Å². The first-order valence-electron chi connectivity index (χ1n) is 2.18. The Morgan fingerprint density at radius 1 is 1.64 bits per heavy atom. The molecule has 0 aliphatic heterocycles. The average molecular weight is 220 g/mol. The SMILES string of the molecule is C=CC(=O)SCS(=O)(=O)[O-].[K+]. The summed E-state index contributed by atoms with van der Waals surface area (Å²) in [5.74, 6) is 0. The van der Waals surface area contributed by atoms with Gasteiger partial charge < -0.3 is 4.55 Å². The molecule has 0 atom stereocenters. The van der Waals surface area contributed by atoms with E-state index in [0.29, 0.717) is 11.8 Å².